The maximum Gasteiger partial charge on any atom is 0.261 e. The number of amides is 1. The molecule has 8 heteroatoms. The predicted octanol–water partition coefficient (Wildman–Crippen LogP) is 3.56. The second-order valence-electron chi connectivity index (χ2n) is 5.92. The number of carbonyl (C=O) groups excluding carboxylic acids is 1. The highest BCUT2D eigenvalue weighted by Crippen LogP contribution is 2.26. The van der Waals surface area contributed by atoms with Crippen molar-refractivity contribution in [3.8, 4) is 11.6 Å². The summed E-state index contributed by atoms with van der Waals surface area (Å²) in [5.41, 5.74) is 0.900. The molecule has 1 amide bonds. The molecule has 2 aromatic heterocycles. The van der Waals surface area contributed by atoms with Crippen molar-refractivity contribution in [2.24, 2.45) is 0 Å². The Hall–Kier alpha value is -2.74. The fourth-order valence-corrected chi connectivity index (χ4v) is 2.91. The van der Waals surface area contributed by atoms with Gasteiger partial charge in [0.15, 0.2) is 6.10 Å². The van der Waals surface area contributed by atoms with E-state index < -0.39 is 6.10 Å². The molecule has 3 aromatic rings. The summed E-state index contributed by atoms with van der Waals surface area (Å²) < 4.78 is 21.1. The Labute approximate surface area is 164 Å². The number of hydrogen-bond donors (Lipinski definition) is 1. The van der Waals surface area contributed by atoms with Gasteiger partial charge in [-0.2, -0.15) is 0 Å². The minimum absolute atomic E-state index is 0.275. The molecule has 0 aliphatic carbocycles. The highest BCUT2D eigenvalue weighted by molar-refractivity contribution is 9.10. The third-order valence-corrected chi connectivity index (χ3v) is 4.54. The summed E-state index contributed by atoms with van der Waals surface area (Å²) in [4.78, 5) is 20.8. The van der Waals surface area contributed by atoms with Gasteiger partial charge in [0.25, 0.3) is 5.91 Å². The van der Waals surface area contributed by atoms with E-state index in [0.717, 1.165) is 17.2 Å². The van der Waals surface area contributed by atoms with Gasteiger partial charge in [0.1, 0.15) is 23.2 Å². The van der Waals surface area contributed by atoms with Gasteiger partial charge in [-0.25, -0.2) is 14.4 Å². The zero-order valence-corrected chi connectivity index (χ0v) is 16.4. The fraction of sp³-hybridized carbons (Fsp3) is 0.211. The minimum atomic E-state index is -0.732. The molecular weight excluding hydrogens is 415 g/mol. The Morgan fingerprint density at radius 1 is 1.30 bits per heavy atom. The minimum Gasteiger partial charge on any atom is -0.480 e. The van der Waals surface area contributed by atoms with Crippen LogP contribution in [0.1, 0.15) is 18.3 Å². The van der Waals surface area contributed by atoms with Gasteiger partial charge in [-0.15, -0.1) is 0 Å². The van der Waals surface area contributed by atoms with Gasteiger partial charge >= 0.3 is 0 Å². The number of imidazole rings is 1. The van der Waals surface area contributed by atoms with Gasteiger partial charge in [-0.05, 0) is 65.7 Å². The van der Waals surface area contributed by atoms with Gasteiger partial charge in [-0.3, -0.25) is 9.36 Å². The number of aryl methyl sites for hydroxylation is 1. The summed E-state index contributed by atoms with van der Waals surface area (Å²) in [7, 11) is 0. The van der Waals surface area contributed by atoms with Crippen LogP contribution in [0.2, 0.25) is 0 Å². The lowest BCUT2D eigenvalue weighted by atomic mass is 10.2. The van der Waals surface area contributed by atoms with E-state index in [2.05, 4.69) is 31.2 Å². The Balaban J connectivity index is 1.61. The van der Waals surface area contributed by atoms with Crippen molar-refractivity contribution >= 4 is 21.8 Å². The fourth-order valence-electron chi connectivity index (χ4n) is 2.47. The Morgan fingerprint density at radius 2 is 2.11 bits per heavy atom. The van der Waals surface area contributed by atoms with E-state index in [1.807, 2.05) is 29.8 Å². The van der Waals surface area contributed by atoms with Crippen molar-refractivity contribution in [1.29, 1.82) is 0 Å². The van der Waals surface area contributed by atoms with Crippen LogP contribution in [0.25, 0.3) is 5.82 Å². The number of nitrogens with zero attached hydrogens (tertiary/aromatic N) is 3. The largest absolute Gasteiger partial charge is 0.480 e. The second kappa shape index (κ2) is 8.30. The van der Waals surface area contributed by atoms with Crippen LogP contribution in [0.5, 0.6) is 5.75 Å². The Bertz CT molecular complexity index is 960. The van der Waals surface area contributed by atoms with Crippen LogP contribution in [-0.4, -0.2) is 26.5 Å². The number of pyridine rings is 1. The van der Waals surface area contributed by atoms with Crippen molar-refractivity contribution in [2.75, 3.05) is 0 Å². The molecule has 1 aromatic carbocycles. The number of halogens is 2. The first kappa shape index (κ1) is 19.0. The van der Waals surface area contributed by atoms with Crippen LogP contribution in [-0.2, 0) is 11.3 Å². The van der Waals surface area contributed by atoms with Crippen molar-refractivity contribution < 1.29 is 13.9 Å². The van der Waals surface area contributed by atoms with Crippen LogP contribution in [0.4, 0.5) is 4.39 Å². The third-order valence-electron chi connectivity index (χ3n) is 3.92. The summed E-state index contributed by atoms with van der Waals surface area (Å²) in [6.07, 6.45) is 4.49. The maximum absolute atomic E-state index is 13.1. The zero-order chi connectivity index (χ0) is 19.4. The molecule has 0 saturated carbocycles. The lowest BCUT2D eigenvalue weighted by Crippen LogP contribution is -2.36. The zero-order valence-electron chi connectivity index (χ0n) is 14.8. The number of carbonyl (C=O) groups is 1. The number of nitrogens with one attached hydrogen (secondary N) is 1. The molecule has 1 unspecified atom stereocenters. The van der Waals surface area contributed by atoms with E-state index in [9.17, 15) is 9.18 Å². The van der Waals surface area contributed by atoms with Gasteiger partial charge in [0, 0.05) is 25.1 Å². The Morgan fingerprint density at radius 3 is 2.81 bits per heavy atom. The molecule has 0 bridgehead atoms. The van der Waals surface area contributed by atoms with Crippen molar-refractivity contribution in [3.05, 3.63) is 70.6 Å². The van der Waals surface area contributed by atoms with Crippen LogP contribution >= 0.6 is 15.9 Å². The smallest absolute Gasteiger partial charge is 0.261 e. The SMILES string of the molecule is Cc1nccn1-c1cc(CNC(=O)C(C)Oc2ccc(F)cc2Br)ccn1. The summed E-state index contributed by atoms with van der Waals surface area (Å²) in [6, 6.07) is 7.76. The molecule has 6 nitrogen and oxygen atoms in total. The predicted molar refractivity (Wildman–Crippen MR) is 102 cm³/mol. The van der Waals surface area contributed by atoms with E-state index in [4.69, 9.17) is 4.74 Å². The van der Waals surface area contributed by atoms with E-state index in [1.54, 1.807) is 19.3 Å². The molecule has 0 aliphatic rings. The number of benzene rings is 1. The summed E-state index contributed by atoms with van der Waals surface area (Å²) in [6.45, 7) is 3.86. The molecule has 1 N–H and O–H groups in total. The first-order valence-corrected chi connectivity index (χ1v) is 9.08. The molecule has 27 heavy (non-hydrogen) atoms. The quantitative estimate of drug-likeness (QED) is 0.646. The lowest BCUT2D eigenvalue weighted by Gasteiger charge is -2.16. The van der Waals surface area contributed by atoms with Crippen LogP contribution in [0, 0.1) is 12.7 Å². The van der Waals surface area contributed by atoms with Gasteiger partial charge < -0.3 is 10.1 Å². The highest BCUT2D eigenvalue weighted by atomic mass is 79.9. The standard InChI is InChI=1S/C19H18BrFN4O2/c1-12(27-17-4-3-15(21)10-16(17)20)19(26)24-11-14-5-6-23-18(9-14)25-8-7-22-13(25)2/h3-10,12H,11H2,1-2H3,(H,24,26). The topological polar surface area (TPSA) is 69.0 Å². The molecule has 0 radical (unpaired) electrons. The molecule has 0 aliphatic heterocycles. The van der Waals surface area contributed by atoms with E-state index in [0.29, 0.717) is 16.8 Å². The average molecular weight is 433 g/mol. The molecule has 140 valence electrons. The molecular formula is C19H18BrFN4O2. The number of hydrogen-bond acceptors (Lipinski definition) is 4. The normalized spacial score (nSPS) is 11.9. The number of rotatable bonds is 6. The highest BCUT2D eigenvalue weighted by Gasteiger charge is 2.16. The van der Waals surface area contributed by atoms with Crippen molar-refractivity contribution in [2.45, 2.75) is 26.5 Å². The molecule has 1 atom stereocenters. The second-order valence-corrected chi connectivity index (χ2v) is 6.77. The lowest BCUT2D eigenvalue weighted by molar-refractivity contribution is -0.127. The average Bonchev–Trinajstić information content (AvgIpc) is 3.08. The molecule has 3 rings (SSSR count). The third kappa shape index (κ3) is 4.71. The molecule has 0 fully saturated rings. The van der Waals surface area contributed by atoms with Gasteiger partial charge in [0.05, 0.1) is 4.47 Å². The number of ether oxygens (including phenoxy) is 1. The summed E-state index contributed by atoms with van der Waals surface area (Å²) in [5.74, 6) is 1.31. The maximum atomic E-state index is 13.1. The molecule has 0 saturated heterocycles. The van der Waals surface area contributed by atoms with Crippen LogP contribution < -0.4 is 10.1 Å². The summed E-state index contributed by atoms with van der Waals surface area (Å²) >= 11 is 3.22. The summed E-state index contributed by atoms with van der Waals surface area (Å²) in [5, 5.41) is 2.83. The first-order chi connectivity index (χ1) is 12.9. The van der Waals surface area contributed by atoms with E-state index in [1.165, 1.54) is 18.2 Å². The van der Waals surface area contributed by atoms with Crippen molar-refractivity contribution in [1.82, 2.24) is 19.9 Å². The van der Waals surface area contributed by atoms with E-state index >= 15 is 0 Å². The van der Waals surface area contributed by atoms with E-state index in [-0.39, 0.29) is 11.7 Å². The van der Waals surface area contributed by atoms with Crippen molar-refractivity contribution in [3.63, 3.8) is 0 Å². The Kier molecular flexibility index (Phi) is 5.85. The monoisotopic (exact) mass is 432 g/mol. The van der Waals surface area contributed by atoms with Gasteiger partial charge in [0.2, 0.25) is 0 Å². The number of aromatic nitrogens is 3. The first-order valence-electron chi connectivity index (χ1n) is 8.28. The molecule has 0 spiro atoms. The van der Waals surface area contributed by atoms with Crippen LogP contribution in [0.3, 0.4) is 0 Å². The van der Waals surface area contributed by atoms with Crippen LogP contribution in [0.15, 0.2) is 53.4 Å². The van der Waals surface area contributed by atoms with Gasteiger partial charge in [-0.1, -0.05) is 0 Å². The molecule has 2 heterocycles.